The van der Waals surface area contributed by atoms with Gasteiger partial charge in [0.2, 0.25) is 0 Å². The Balaban J connectivity index is 2.30. The molecular weight excluding hydrogens is 208 g/mol. The molecule has 3 heteroatoms. The number of hydrogen-bond donors (Lipinski definition) is 1. The van der Waals surface area contributed by atoms with Crippen molar-refractivity contribution in [1.82, 2.24) is 4.57 Å². The van der Waals surface area contributed by atoms with Crippen LogP contribution in [0.25, 0.3) is 10.9 Å². The molecule has 1 aromatic heterocycles. The van der Waals surface area contributed by atoms with E-state index in [9.17, 15) is 0 Å². The van der Waals surface area contributed by atoms with E-state index in [0.717, 1.165) is 5.02 Å². The summed E-state index contributed by atoms with van der Waals surface area (Å²) in [5.74, 6) is 0. The van der Waals surface area contributed by atoms with Gasteiger partial charge in [-0.2, -0.15) is 0 Å². The third kappa shape index (κ3) is 1.45. The third-order valence-corrected chi connectivity index (χ3v) is 3.24. The molecule has 0 atom stereocenters. The molecule has 1 aromatic carbocycles. The van der Waals surface area contributed by atoms with Crippen LogP contribution in [-0.4, -0.2) is 4.57 Å². The predicted octanol–water partition coefficient (Wildman–Crippen LogP) is 3.09. The highest BCUT2D eigenvalue weighted by Gasteiger charge is 2.26. The molecule has 0 saturated heterocycles. The summed E-state index contributed by atoms with van der Waals surface area (Å²) in [6.45, 7) is 0.600. The van der Waals surface area contributed by atoms with Gasteiger partial charge in [-0.1, -0.05) is 17.7 Å². The summed E-state index contributed by atoms with van der Waals surface area (Å²) in [4.78, 5) is 0. The van der Waals surface area contributed by atoms with Crippen molar-refractivity contribution in [3.8, 4) is 0 Å². The van der Waals surface area contributed by atoms with Crippen LogP contribution in [0.1, 0.15) is 24.6 Å². The first-order valence-corrected chi connectivity index (χ1v) is 5.67. The van der Waals surface area contributed by atoms with E-state index in [2.05, 4.69) is 16.7 Å². The second-order valence-electron chi connectivity index (χ2n) is 4.14. The van der Waals surface area contributed by atoms with Gasteiger partial charge in [-0.3, -0.25) is 0 Å². The van der Waals surface area contributed by atoms with Crippen molar-refractivity contribution in [1.29, 1.82) is 0 Å². The van der Waals surface area contributed by atoms with Crippen LogP contribution in [0.4, 0.5) is 0 Å². The zero-order valence-electron chi connectivity index (χ0n) is 8.41. The molecule has 2 aromatic rings. The Labute approximate surface area is 93.6 Å². The molecule has 2 nitrogen and oxygen atoms in total. The van der Waals surface area contributed by atoms with Gasteiger partial charge in [0.25, 0.3) is 0 Å². The summed E-state index contributed by atoms with van der Waals surface area (Å²) in [7, 11) is 0. The van der Waals surface area contributed by atoms with Crippen molar-refractivity contribution in [3.05, 3.63) is 35.0 Å². The lowest BCUT2D eigenvalue weighted by atomic mass is 10.2. The van der Waals surface area contributed by atoms with E-state index in [1.807, 2.05) is 12.1 Å². The first kappa shape index (κ1) is 9.25. The Morgan fingerprint density at radius 2 is 2.13 bits per heavy atom. The lowest BCUT2D eigenvalue weighted by Gasteiger charge is -2.07. The first-order valence-electron chi connectivity index (χ1n) is 5.29. The van der Waals surface area contributed by atoms with Crippen LogP contribution < -0.4 is 5.73 Å². The summed E-state index contributed by atoms with van der Waals surface area (Å²) in [6.07, 6.45) is 2.53. The average molecular weight is 221 g/mol. The van der Waals surface area contributed by atoms with E-state index in [1.165, 1.54) is 29.4 Å². The van der Waals surface area contributed by atoms with Crippen LogP contribution >= 0.6 is 11.6 Å². The molecule has 1 aliphatic carbocycles. The number of nitrogens with two attached hydrogens (primary N) is 1. The fraction of sp³-hybridized carbons (Fsp3) is 0.333. The molecule has 1 fully saturated rings. The van der Waals surface area contributed by atoms with Crippen molar-refractivity contribution in [2.45, 2.75) is 25.4 Å². The van der Waals surface area contributed by atoms with Crippen LogP contribution in [0, 0.1) is 0 Å². The third-order valence-electron chi connectivity index (χ3n) is 3.00. The number of rotatable bonds is 2. The first-order chi connectivity index (χ1) is 7.29. The monoisotopic (exact) mass is 220 g/mol. The average Bonchev–Trinajstić information content (AvgIpc) is 2.99. The summed E-state index contributed by atoms with van der Waals surface area (Å²) >= 11 is 6.02. The molecule has 3 rings (SSSR count). The van der Waals surface area contributed by atoms with Gasteiger partial charge < -0.3 is 10.3 Å². The van der Waals surface area contributed by atoms with E-state index in [0.29, 0.717) is 12.6 Å². The maximum Gasteiger partial charge on any atom is 0.0500 e. The Morgan fingerprint density at radius 3 is 2.80 bits per heavy atom. The Morgan fingerprint density at radius 1 is 1.33 bits per heavy atom. The van der Waals surface area contributed by atoms with E-state index in [1.54, 1.807) is 0 Å². The standard InChI is InChI=1S/C12H13ClN2/c13-9-2-1-8-5-11(7-14)15(10-3-4-10)12(8)6-9/h1-2,5-6,10H,3-4,7,14H2. The second-order valence-corrected chi connectivity index (χ2v) is 4.58. The topological polar surface area (TPSA) is 30.9 Å². The van der Waals surface area contributed by atoms with Gasteiger partial charge in [-0.15, -0.1) is 0 Å². The fourth-order valence-corrected chi connectivity index (χ4v) is 2.34. The zero-order chi connectivity index (χ0) is 10.4. The number of nitrogens with zero attached hydrogens (tertiary/aromatic N) is 1. The fourth-order valence-electron chi connectivity index (χ4n) is 2.17. The highest BCUT2D eigenvalue weighted by atomic mass is 35.5. The Kier molecular flexibility index (Phi) is 2.01. The molecule has 15 heavy (non-hydrogen) atoms. The van der Waals surface area contributed by atoms with E-state index in [4.69, 9.17) is 17.3 Å². The molecule has 0 radical (unpaired) electrons. The maximum atomic E-state index is 6.02. The van der Waals surface area contributed by atoms with Crippen LogP contribution in [0.5, 0.6) is 0 Å². The molecule has 0 unspecified atom stereocenters. The number of fused-ring (bicyclic) bond motifs is 1. The predicted molar refractivity (Wildman–Crippen MR) is 63.1 cm³/mol. The largest absolute Gasteiger partial charge is 0.340 e. The molecule has 1 aliphatic rings. The Hall–Kier alpha value is -0.990. The Bertz CT molecular complexity index is 512. The van der Waals surface area contributed by atoms with Gasteiger partial charge in [0.1, 0.15) is 0 Å². The zero-order valence-corrected chi connectivity index (χ0v) is 9.17. The van der Waals surface area contributed by atoms with Crippen molar-refractivity contribution in [3.63, 3.8) is 0 Å². The van der Waals surface area contributed by atoms with Crippen molar-refractivity contribution in [2.24, 2.45) is 5.73 Å². The molecule has 0 spiro atoms. The van der Waals surface area contributed by atoms with Gasteiger partial charge >= 0.3 is 0 Å². The summed E-state index contributed by atoms with van der Waals surface area (Å²) in [6, 6.07) is 8.86. The van der Waals surface area contributed by atoms with Crippen LogP contribution in [0.15, 0.2) is 24.3 Å². The van der Waals surface area contributed by atoms with Crippen LogP contribution in [0.2, 0.25) is 5.02 Å². The number of hydrogen-bond acceptors (Lipinski definition) is 1. The minimum atomic E-state index is 0.600. The van der Waals surface area contributed by atoms with Crippen molar-refractivity contribution in [2.75, 3.05) is 0 Å². The second kappa shape index (κ2) is 3.26. The molecule has 2 N–H and O–H groups in total. The lowest BCUT2D eigenvalue weighted by molar-refractivity contribution is 0.721. The van der Waals surface area contributed by atoms with Gasteiger partial charge in [-0.25, -0.2) is 0 Å². The SMILES string of the molecule is NCc1cc2ccc(Cl)cc2n1C1CC1. The summed E-state index contributed by atoms with van der Waals surface area (Å²) < 4.78 is 2.35. The van der Waals surface area contributed by atoms with E-state index >= 15 is 0 Å². The summed E-state index contributed by atoms with van der Waals surface area (Å²) in [5.41, 5.74) is 8.21. The smallest absolute Gasteiger partial charge is 0.0500 e. The van der Waals surface area contributed by atoms with E-state index < -0.39 is 0 Å². The van der Waals surface area contributed by atoms with Crippen molar-refractivity contribution < 1.29 is 0 Å². The highest BCUT2D eigenvalue weighted by Crippen LogP contribution is 2.39. The van der Waals surface area contributed by atoms with Gasteiger partial charge in [0.05, 0.1) is 5.52 Å². The van der Waals surface area contributed by atoms with Gasteiger partial charge in [-0.05, 0) is 31.0 Å². The molecule has 0 bridgehead atoms. The van der Waals surface area contributed by atoms with Crippen molar-refractivity contribution >= 4 is 22.5 Å². The van der Waals surface area contributed by atoms with E-state index in [-0.39, 0.29) is 0 Å². The maximum absolute atomic E-state index is 6.02. The number of halogens is 1. The lowest BCUT2D eigenvalue weighted by Crippen LogP contribution is -2.05. The molecule has 1 saturated carbocycles. The number of aromatic nitrogens is 1. The molecule has 78 valence electrons. The molecular formula is C12H13ClN2. The quantitative estimate of drug-likeness (QED) is 0.829. The molecule has 0 aliphatic heterocycles. The highest BCUT2D eigenvalue weighted by molar-refractivity contribution is 6.31. The van der Waals surface area contributed by atoms with Gasteiger partial charge in [0, 0.05) is 28.7 Å². The normalized spacial score (nSPS) is 16.1. The summed E-state index contributed by atoms with van der Waals surface area (Å²) in [5, 5.41) is 2.04. The minimum absolute atomic E-state index is 0.600. The van der Waals surface area contributed by atoms with Crippen LogP contribution in [-0.2, 0) is 6.54 Å². The number of benzene rings is 1. The molecule has 0 amide bonds. The minimum Gasteiger partial charge on any atom is -0.340 e. The van der Waals surface area contributed by atoms with Crippen LogP contribution in [0.3, 0.4) is 0 Å². The molecule has 1 heterocycles. The van der Waals surface area contributed by atoms with Gasteiger partial charge in [0.15, 0.2) is 0 Å².